The molecule has 1 N–H and O–H groups in total. The molecule has 0 unspecified atom stereocenters. The Balaban J connectivity index is 2.19. The minimum Gasteiger partial charge on any atom is -0.508 e. The van der Waals surface area contributed by atoms with Crippen molar-refractivity contribution in [3.8, 4) is 23.0 Å². The van der Waals surface area contributed by atoms with Gasteiger partial charge >= 0.3 is 7.60 Å². The van der Waals surface area contributed by atoms with Crippen LogP contribution in [-0.4, -0.2) is 24.7 Å². The van der Waals surface area contributed by atoms with Crippen molar-refractivity contribution in [1.82, 2.24) is 0 Å². The van der Waals surface area contributed by atoms with E-state index in [0.29, 0.717) is 17.2 Å². The Bertz CT molecular complexity index is 854. The van der Waals surface area contributed by atoms with Crippen LogP contribution in [0.15, 0.2) is 30.3 Å². The Morgan fingerprint density at radius 2 is 1.59 bits per heavy atom. The third-order valence-electron chi connectivity index (χ3n) is 3.85. The van der Waals surface area contributed by atoms with Gasteiger partial charge in [0.25, 0.3) is 0 Å². The lowest BCUT2D eigenvalue weighted by atomic mass is 10.0. The van der Waals surface area contributed by atoms with Gasteiger partial charge in [0.2, 0.25) is 0 Å². The summed E-state index contributed by atoms with van der Waals surface area (Å²) in [5.41, 5.74) is 0.829. The molecule has 0 aliphatic heterocycles. The number of phenolic OH excluding ortho intramolecular Hbond substituents is 1. The molecule has 0 saturated heterocycles. The molecule has 0 fully saturated rings. The molecule has 0 aliphatic rings. The first-order valence-corrected chi connectivity index (χ1v) is 13.1. The summed E-state index contributed by atoms with van der Waals surface area (Å²) < 4.78 is 36.5. The summed E-state index contributed by atoms with van der Waals surface area (Å²) in [6.45, 7) is 8.12. The summed E-state index contributed by atoms with van der Waals surface area (Å²) >= 11 is 4.34. The van der Waals surface area contributed by atoms with E-state index in [0.717, 1.165) is 12.7 Å². The minimum atomic E-state index is -3.28. The third-order valence-corrected chi connectivity index (χ3v) is 7.20. The van der Waals surface area contributed by atoms with Gasteiger partial charge in [-0.1, -0.05) is 13.8 Å². The van der Waals surface area contributed by atoms with Gasteiger partial charge in [-0.05, 0) is 95.3 Å². The van der Waals surface area contributed by atoms with Gasteiger partial charge in [-0.25, -0.2) is 0 Å². The molecule has 9 heteroatoms. The first-order chi connectivity index (χ1) is 13.7. The van der Waals surface area contributed by atoms with Crippen molar-refractivity contribution < 1.29 is 28.2 Å². The average Bonchev–Trinajstić information content (AvgIpc) is 2.64. The van der Waals surface area contributed by atoms with Gasteiger partial charge in [0, 0.05) is 5.56 Å². The van der Waals surface area contributed by atoms with Crippen molar-refractivity contribution in [2.75, 3.05) is 19.6 Å². The quantitative estimate of drug-likeness (QED) is 0.219. The van der Waals surface area contributed by atoms with Crippen LogP contribution in [0, 0.1) is 7.14 Å². The lowest BCUT2D eigenvalue weighted by Crippen LogP contribution is -2.06. The number of halogens is 2. The van der Waals surface area contributed by atoms with Gasteiger partial charge in [0.1, 0.15) is 17.2 Å². The van der Waals surface area contributed by atoms with Crippen molar-refractivity contribution in [3.05, 3.63) is 43.0 Å². The summed E-state index contributed by atoms with van der Waals surface area (Å²) in [4.78, 5) is 0. The summed E-state index contributed by atoms with van der Waals surface area (Å²) in [6.07, 6.45) is -0.156. The van der Waals surface area contributed by atoms with E-state index < -0.39 is 7.60 Å². The van der Waals surface area contributed by atoms with E-state index in [1.807, 2.05) is 32.0 Å². The zero-order valence-electron chi connectivity index (χ0n) is 16.8. The van der Waals surface area contributed by atoms with Crippen LogP contribution in [-0.2, 0) is 13.6 Å². The topological polar surface area (TPSA) is 74.2 Å². The molecular formula is C20H25I2O6P. The van der Waals surface area contributed by atoms with Crippen LogP contribution >= 0.6 is 52.8 Å². The maximum Gasteiger partial charge on any atom is 0.367 e. The van der Waals surface area contributed by atoms with Crippen molar-refractivity contribution >= 4 is 52.8 Å². The Morgan fingerprint density at radius 1 is 1.00 bits per heavy atom. The number of hydrogen-bond acceptors (Lipinski definition) is 6. The first kappa shape index (κ1) is 24.7. The number of phenols is 1. The summed E-state index contributed by atoms with van der Waals surface area (Å²) in [5, 5.41) is 10.00. The molecule has 29 heavy (non-hydrogen) atoms. The van der Waals surface area contributed by atoms with Gasteiger partial charge in [0.15, 0.2) is 12.1 Å². The normalized spacial score (nSPS) is 11.7. The SMILES string of the molecule is CCOP(=O)(COc1cc(I)c(Oc2ccc(O)c(C(C)C)c2)c(I)c1)OCC. The number of benzene rings is 2. The second kappa shape index (κ2) is 11.2. The number of hydrogen-bond donors (Lipinski definition) is 1. The van der Waals surface area contributed by atoms with Gasteiger partial charge < -0.3 is 23.6 Å². The molecule has 0 amide bonds. The summed E-state index contributed by atoms with van der Waals surface area (Å²) in [5.74, 6) is 2.33. The maximum absolute atomic E-state index is 12.6. The van der Waals surface area contributed by atoms with Crippen LogP contribution in [0.3, 0.4) is 0 Å². The van der Waals surface area contributed by atoms with E-state index in [4.69, 9.17) is 18.5 Å². The molecule has 0 bridgehead atoms. The maximum atomic E-state index is 12.6. The van der Waals surface area contributed by atoms with Crippen LogP contribution in [0.25, 0.3) is 0 Å². The number of aromatic hydroxyl groups is 1. The molecule has 0 spiro atoms. The van der Waals surface area contributed by atoms with Crippen LogP contribution in [0.1, 0.15) is 39.2 Å². The first-order valence-electron chi connectivity index (χ1n) is 9.19. The van der Waals surface area contributed by atoms with Crippen molar-refractivity contribution in [1.29, 1.82) is 0 Å². The molecule has 160 valence electrons. The molecular weight excluding hydrogens is 621 g/mol. The predicted octanol–water partition coefficient (Wildman–Crippen LogP) is 7.12. The van der Waals surface area contributed by atoms with E-state index in [1.54, 1.807) is 26.0 Å². The van der Waals surface area contributed by atoms with E-state index >= 15 is 0 Å². The lowest BCUT2D eigenvalue weighted by molar-refractivity contribution is 0.197. The molecule has 0 saturated carbocycles. The number of rotatable bonds is 10. The largest absolute Gasteiger partial charge is 0.508 e. The highest BCUT2D eigenvalue weighted by molar-refractivity contribution is 14.1. The van der Waals surface area contributed by atoms with Crippen molar-refractivity contribution in [2.24, 2.45) is 0 Å². The fourth-order valence-electron chi connectivity index (χ4n) is 2.55. The second-order valence-corrected chi connectivity index (χ2v) is 10.7. The van der Waals surface area contributed by atoms with Crippen LogP contribution in [0.2, 0.25) is 0 Å². The fourth-order valence-corrected chi connectivity index (χ4v) is 5.80. The Morgan fingerprint density at radius 3 is 2.10 bits per heavy atom. The van der Waals surface area contributed by atoms with Gasteiger partial charge in [-0.3, -0.25) is 4.57 Å². The molecule has 2 aromatic rings. The highest BCUT2D eigenvalue weighted by Crippen LogP contribution is 2.48. The van der Waals surface area contributed by atoms with Crippen molar-refractivity contribution in [2.45, 2.75) is 33.6 Å². The molecule has 0 atom stereocenters. The van der Waals surface area contributed by atoms with Gasteiger partial charge in [0.05, 0.1) is 20.4 Å². The monoisotopic (exact) mass is 646 g/mol. The Hall–Kier alpha value is -0.550. The van der Waals surface area contributed by atoms with E-state index in [9.17, 15) is 9.67 Å². The molecule has 6 nitrogen and oxygen atoms in total. The van der Waals surface area contributed by atoms with E-state index in [2.05, 4.69) is 45.2 Å². The average molecular weight is 646 g/mol. The van der Waals surface area contributed by atoms with Crippen LogP contribution in [0.5, 0.6) is 23.0 Å². The van der Waals surface area contributed by atoms with Gasteiger partial charge in [-0.15, -0.1) is 0 Å². The fraction of sp³-hybridized carbons (Fsp3) is 0.400. The van der Waals surface area contributed by atoms with E-state index in [1.165, 1.54) is 0 Å². The standard InChI is InChI=1S/C20H25I2O6P/c1-5-26-29(24,27-6-2)12-25-15-10-17(21)20(18(22)11-15)28-14-7-8-19(23)16(9-14)13(3)4/h7-11,13,23H,5-6,12H2,1-4H3. The Kier molecular flexibility index (Phi) is 9.53. The van der Waals surface area contributed by atoms with Crippen LogP contribution in [0.4, 0.5) is 0 Å². The molecule has 0 aliphatic carbocycles. The zero-order chi connectivity index (χ0) is 21.6. The summed E-state index contributed by atoms with van der Waals surface area (Å²) in [6, 6.07) is 8.84. The van der Waals surface area contributed by atoms with Gasteiger partial charge in [-0.2, -0.15) is 0 Å². The minimum absolute atomic E-state index is 0.156. The van der Waals surface area contributed by atoms with Crippen LogP contribution < -0.4 is 9.47 Å². The molecule has 0 radical (unpaired) electrons. The smallest absolute Gasteiger partial charge is 0.367 e. The molecule has 2 rings (SSSR count). The molecule has 0 heterocycles. The second-order valence-electron chi connectivity index (χ2n) is 6.41. The highest BCUT2D eigenvalue weighted by atomic mass is 127. The zero-order valence-corrected chi connectivity index (χ0v) is 22.0. The molecule has 0 aromatic heterocycles. The predicted molar refractivity (Wildman–Crippen MR) is 130 cm³/mol. The lowest BCUT2D eigenvalue weighted by Gasteiger charge is -2.18. The summed E-state index contributed by atoms with van der Waals surface area (Å²) in [7, 11) is -3.28. The highest BCUT2D eigenvalue weighted by Gasteiger charge is 2.25. The molecule has 2 aromatic carbocycles. The Labute approximate surface area is 199 Å². The third kappa shape index (κ3) is 6.99. The van der Waals surface area contributed by atoms with E-state index in [-0.39, 0.29) is 31.2 Å². The number of ether oxygens (including phenoxy) is 2. The van der Waals surface area contributed by atoms with Crippen molar-refractivity contribution in [3.63, 3.8) is 0 Å².